The second kappa shape index (κ2) is 17.8. The van der Waals surface area contributed by atoms with E-state index in [4.69, 9.17) is 0 Å². The summed E-state index contributed by atoms with van der Waals surface area (Å²) in [5.41, 5.74) is 10.5. The number of benzene rings is 2. The minimum atomic E-state index is 0. The average Bonchev–Trinajstić information content (AvgIpc) is 2.81. The van der Waals surface area contributed by atoms with Crippen LogP contribution in [-0.2, 0) is 23.3 Å². The van der Waals surface area contributed by atoms with Gasteiger partial charge in [-0.2, -0.15) is 0 Å². The number of anilines is 2. The number of para-hydroxylation sites is 1. The van der Waals surface area contributed by atoms with E-state index < -0.39 is 0 Å². The smallest absolute Gasteiger partial charge is 1.00 e. The van der Waals surface area contributed by atoms with Crippen molar-refractivity contribution in [2.24, 2.45) is 0 Å². The number of rotatable bonds is 12. The van der Waals surface area contributed by atoms with Crippen molar-refractivity contribution in [1.29, 1.82) is 0 Å². The molecule has 3 rings (SSSR count). The zero-order valence-corrected chi connectivity index (χ0v) is 26.4. The SMILES string of the molecule is Cc1cc(C(C)C)c(NCCN(CCNc2c(C)cccc2C)Cc2ccccn2)c(C(C)C)c1.[Cl-].[Cl-].[Co+2]. The van der Waals surface area contributed by atoms with Gasteiger partial charge in [0.05, 0.1) is 5.69 Å². The van der Waals surface area contributed by atoms with Crippen molar-refractivity contribution in [3.63, 3.8) is 0 Å². The van der Waals surface area contributed by atoms with Crippen LogP contribution < -0.4 is 35.4 Å². The molecular weight excluding hydrogens is 558 g/mol. The van der Waals surface area contributed by atoms with Gasteiger partial charge in [0.1, 0.15) is 0 Å². The van der Waals surface area contributed by atoms with E-state index in [1.807, 2.05) is 12.3 Å². The van der Waals surface area contributed by atoms with E-state index in [0.29, 0.717) is 11.8 Å². The molecule has 0 amide bonds. The maximum Gasteiger partial charge on any atom is 2.00 e. The molecule has 0 fully saturated rings. The van der Waals surface area contributed by atoms with Crippen molar-refractivity contribution in [3.8, 4) is 0 Å². The van der Waals surface area contributed by atoms with Crippen LogP contribution in [0.1, 0.15) is 73.0 Å². The minimum Gasteiger partial charge on any atom is -1.00 e. The van der Waals surface area contributed by atoms with Crippen LogP contribution in [0.3, 0.4) is 0 Å². The van der Waals surface area contributed by atoms with E-state index in [1.54, 1.807) is 0 Å². The van der Waals surface area contributed by atoms with Gasteiger partial charge in [-0.25, -0.2) is 0 Å². The van der Waals surface area contributed by atoms with Crippen molar-refractivity contribution < 1.29 is 41.6 Å². The van der Waals surface area contributed by atoms with E-state index >= 15 is 0 Å². The summed E-state index contributed by atoms with van der Waals surface area (Å²) < 4.78 is 0. The number of aromatic nitrogens is 1. The Morgan fingerprint density at radius 2 is 1.26 bits per heavy atom. The van der Waals surface area contributed by atoms with Gasteiger partial charge in [0.25, 0.3) is 0 Å². The first-order valence-corrected chi connectivity index (χ1v) is 13.1. The molecule has 0 aliphatic rings. The largest absolute Gasteiger partial charge is 2.00 e. The van der Waals surface area contributed by atoms with E-state index in [2.05, 4.69) is 111 Å². The predicted octanol–water partition coefficient (Wildman–Crippen LogP) is 1.29. The fourth-order valence-corrected chi connectivity index (χ4v) is 4.72. The van der Waals surface area contributed by atoms with Gasteiger partial charge in [0, 0.05) is 50.3 Å². The second-order valence-corrected chi connectivity index (χ2v) is 10.3. The second-order valence-electron chi connectivity index (χ2n) is 10.3. The Hall–Kier alpha value is -1.76. The number of pyridine rings is 1. The number of nitrogens with one attached hydrogen (secondary N) is 2. The van der Waals surface area contributed by atoms with Gasteiger partial charge in [-0.3, -0.25) is 9.88 Å². The van der Waals surface area contributed by atoms with Crippen molar-refractivity contribution in [2.75, 3.05) is 36.8 Å². The summed E-state index contributed by atoms with van der Waals surface area (Å²) in [5, 5.41) is 7.51. The molecule has 0 spiro atoms. The molecule has 3 aromatic rings. The Labute approximate surface area is 253 Å². The number of hydrogen-bond donors (Lipinski definition) is 2. The van der Waals surface area contributed by atoms with E-state index in [1.165, 1.54) is 39.2 Å². The summed E-state index contributed by atoms with van der Waals surface area (Å²) in [6.45, 7) is 20.3. The summed E-state index contributed by atoms with van der Waals surface area (Å²) in [5.74, 6) is 0.974. The van der Waals surface area contributed by atoms with Crippen molar-refractivity contribution in [2.45, 2.75) is 66.8 Å². The zero-order chi connectivity index (χ0) is 25.4. The molecule has 0 saturated carbocycles. The maximum atomic E-state index is 4.58. The molecule has 2 aromatic carbocycles. The van der Waals surface area contributed by atoms with E-state index in [0.717, 1.165) is 38.4 Å². The van der Waals surface area contributed by atoms with Crippen LogP contribution in [0.2, 0.25) is 0 Å². The minimum absolute atomic E-state index is 0. The van der Waals surface area contributed by atoms with Crippen LogP contribution in [0.4, 0.5) is 11.4 Å². The van der Waals surface area contributed by atoms with Crippen LogP contribution in [0.25, 0.3) is 0 Å². The van der Waals surface area contributed by atoms with Gasteiger partial charge in [-0.05, 0) is 67.0 Å². The maximum absolute atomic E-state index is 4.58. The molecule has 211 valence electrons. The van der Waals surface area contributed by atoms with Crippen LogP contribution in [-0.4, -0.2) is 36.1 Å². The van der Waals surface area contributed by atoms with Gasteiger partial charge in [-0.15, -0.1) is 0 Å². The Kier molecular flexibility index (Phi) is 16.9. The van der Waals surface area contributed by atoms with Gasteiger partial charge in [-0.1, -0.05) is 69.7 Å². The predicted molar refractivity (Wildman–Crippen MR) is 152 cm³/mol. The van der Waals surface area contributed by atoms with Gasteiger partial charge in [0.2, 0.25) is 0 Å². The quantitative estimate of drug-likeness (QED) is 0.328. The van der Waals surface area contributed by atoms with Crippen LogP contribution in [0, 0.1) is 20.8 Å². The molecule has 0 saturated heterocycles. The third kappa shape index (κ3) is 10.4. The number of halogens is 2. The van der Waals surface area contributed by atoms with E-state index in [9.17, 15) is 0 Å². The van der Waals surface area contributed by atoms with Gasteiger partial charge >= 0.3 is 16.8 Å². The summed E-state index contributed by atoms with van der Waals surface area (Å²) in [6, 6.07) is 17.3. The van der Waals surface area contributed by atoms with Crippen molar-refractivity contribution >= 4 is 11.4 Å². The standard InChI is InChI=1S/C31H44N4.2ClH.Co/c1-22(2)28-19-24(5)20-29(23(3)4)31(28)34-16-18-35(21-27-13-8-9-14-32-27)17-15-33-30-25(6)11-10-12-26(30)7;;;/h8-14,19-20,22-23,33-34H,15-18,21H2,1-7H3;2*1H;/q;;;+2/p-2. The molecule has 7 heteroatoms. The third-order valence-electron chi connectivity index (χ3n) is 6.64. The Morgan fingerprint density at radius 3 is 1.74 bits per heavy atom. The normalized spacial score (nSPS) is 10.6. The molecule has 0 aliphatic heterocycles. The molecule has 1 radical (unpaired) electrons. The van der Waals surface area contributed by atoms with Gasteiger partial charge in [0.15, 0.2) is 0 Å². The topological polar surface area (TPSA) is 40.2 Å². The fraction of sp³-hybridized carbons (Fsp3) is 0.452. The molecule has 1 aromatic heterocycles. The van der Waals surface area contributed by atoms with Crippen LogP contribution in [0.5, 0.6) is 0 Å². The molecule has 0 bridgehead atoms. The number of hydrogen-bond acceptors (Lipinski definition) is 4. The third-order valence-corrected chi connectivity index (χ3v) is 6.64. The summed E-state index contributed by atoms with van der Waals surface area (Å²) in [6.07, 6.45) is 1.89. The molecule has 0 aliphatic carbocycles. The Balaban J connectivity index is 0.00000456. The monoisotopic (exact) mass is 601 g/mol. The first-order chi connectivity index (χ1) is 16.8. The molecule has 0 atom stereocenters. The van der Waals surface area contributed by atoms with E-state index in [-0.39, 0.29) is 41.6 Å². The molecule has 4 nitrogen and oxygen atoms in total. The van der Waals surface area contributed by atoms with Crippen molar-refractivity contribution in [3.05, 3.63) is 88.2 Å². The zero-order valence-electron chi connectivity index (χ0n) is 23.9. The summed E-state index contributed by atoms with van der Waals surface area (Å²) in [4.78, 5) is 7.08. The molecule has 0 unspecified atom stereocenters. The summed E-state index contributed by atoms with van der Waals surface area (Å²) in [7, 11) is 0. The van der Waals surface area contributed by atoms with Crippen LogP contribution >= 0.6 is 0 Å². The van der Waals surface area contributed by atoms with Crippen LogP contribution in [0.15, 0.2) is 54.7 Å². The molecule has 2 N–H and O–H groups in total. The molecule has 38 heavy (non-hydrogen) atoms. The Bertz CT molecular complexity index is 1040. The fourth-order valence-electron chi connectivity index (χ4n) is 4.72. The first kappa shape index (κ1) is 36.2. The first-order valence-electron chi connectivity index (χ1n) is 13.1. The Morgan fingerprint density at radius 1 is 0.737 bits per heavy atom. The molecular formula is C31H44Cl2CoN4. The molecule has 1 heterocycles. The number of aryl methyl sites for hydroxylation is 3. The number of nitrogens with zero attached hydrogens (tertiary/aromatic N) is 2. The van der Waals surface area contributed by atoms with Crippen molar-refractivity contribution in [1.82, 2.24) is 9.88 Å². The average molecular weight is 603 g/mol. The van der Waals surface area contributed by atoms with Gasteiger partial charge < -0.3 is 35.4 Å². The summed E-state index contributed by atoms with van der Waals surface area (Å²) >= 11 is 0.